The van der Waals surface area contributed by atoms with Gasteiger partial charge in [0.15, 0.2) is 0 Å². The first kappa shape index (κ1) is 35.1. The number of halogens is 4. The van der Waals surface area contributed by atoms with Gasteiger partial charge in [0.05, 0.1) is 29.6 Å². The molecule has 1 aromatic carbocycles. The normalized spacial score (nSPS) is 21.2. The summed E-state index contributed by atoms with van der Waals surface area (Å²) >= 11 is 0. The highest BCUT2D eigenvalue weighted by molar-refractivity contribution is 6.01. The van der Waals surface area contributed by atoms with Gasteiger partial charge >= 0.3 is 6.18 Å². The molecule has 3 aliphatic rings. The number of aromatic nitrogens is 1. The van der Waals surface area contributed by atoms with Crippen molar-refractivity contribution in [2.24, 2.45) is 0 Å². The number of hydrogen-bond donors (Lipinski definition) is 1. The molecule has 11 nitrogen and oxygen atoms in total. The number of likely N-dealkylation sites (N-methyl/N-ethyl adjacent to an activating group) is 2. The Morgan fingerprint density at radius 3 is 2.67 bits per heavy atom. The van der Waals surface area contributed by atoms with E-state index >= 15 is 4.39 Å². The van der Waals surface area contributed by atoms with Gasteiger partial charge in [-0.05, 0) is 45.6 Å². The van der Waals surface area contributed by atoms with Gasteiger partial charge in [-0.15, -0.1) is 0 Å². The number of aryl methyl sites for hydroxylation is 1. The van der Waals surface area contributed by atoms with Crippen LogP contribution in [0, 0.1) is 24.1 Å². The number of likely N-dealkylation sites (tertiary alicyclic amines) is 1. The Kier molecular flexibility index (Phi) is 10.6. The molecule has 2 aromatic rings. The SMILES string of the molecule is Cc1cc(C(F)(F)F)c(C#N)c(N[C@H]2CCN(C[C@@H]3CN(C4CN(C(=O)/C=C/CN(C)C)C4)CCO3)c3c(F)cccc3N(C)C2=O)n1. The summed E-state index contributed by atoms with van der Waals surface area (Å²) in [6.07, 6.45) is -1.60. The zero-order valence-corrected chi connectivity index (χ0v) is 27.4. The average molecular weight is 673 g/mol. The molecule has 0 aliphatic carbocycles. The molecule has 0 bridgehead atoms. The van der Waals surface area contributed by atoms with Crippen molar-refractivity contribution < 1.29 is 31.9 Å². The number of rotatable bonds is 8. The number of ether oxygens (including phenoxy) is 1. The highest BCUT2D eigenvalue weighted by atomic mass is 19.4. The second-order valence-corrected chi connectivity index (χ2v) is 12.6. The summed E-state index contributed by atoms with van der Waals surface area (Å²) in [6.45, 7) is 5.41. The number of anilines is 3. The summed E-state index contributed by atoms with van der Waals surface area (Å²) in [5, 5.41) is 12.5. The van der Waals surface area contributed by atoms with Crippen LogP contribution in [-0.4, -0.2) is 123 Å². The van der Waals surface area contributed by atoms with Gasteiger partial charge in [0, 0.05) is 70.7 Å². The van der Waals surface area contributed by atoms with Crippen LogP contribution in [0.2, 0.25) is 0 Å². The Balaban J connectivity index is 1.32. The van der Waals surface area contributed by atoms with Crippen LogP contribution < -0.4 is 15.1 Å². The molecule has 0 radical (unpaired) electrons. The third-order valence-electron chi connectivity index (χ3n) is 8.85. The van der Waals surface area contributed by atoms with Gasteiger partial charge in [-0.3, -0.25) is 14.5 Å². The van der Waals surface area contributed by atoms with E-state index in [0.717, 1.165) is 6.07 Å². The quantitative estimate of drug-likeness (QED) is 0.335. The number of nitrogens with one attached hydrogen (secondary N) is 1. The zero-order chi connectivity index (χ0) is 34.7. The third-order valence-corrected chi connectivity index (χ3v) is 8.85. The summed E-state index contributed by atoms with van der Waals surface area (Å²) in [4.78, 5) is 39.5. The summed E-state index contributed by atoms with van der Waals surface area (Å²) < 4.78 is 62.9. The van der Waals surface area contributed by atoms with E-state index < -0.39 is 35.1 Å². The molecule has 5 rings (SSSR count). The van der Waals surface area contributed by atoms with Gasteiger partial charge in [-0.1, -0.05) is 12.1 Å². The number of hydrogen-bond acceptors (Lipinski definition) is 9. The van der Waals surface area contributed by atoms with Crippen LogP contribution in [0.5, 0.6) is 0 Å². The number of para-hydroxylation sites is 1. The fraction of sp³-hybridized carbons (Fsp3) is 0.515. The number of nitrogens with zero attached hydrogens (tertiary/aromatic N) is 7. The van der Waals surface area contributed by atoms with Gasteiger partial charge in [0.1, 0.15) is 29.3 Å². The summed E-state index contributed by atoms with van der Waals surface area (Å²) in [6, 6.07) is 5.92. The molecule has 258 valence electrons. The van der Waals surface area contributed by atoms with E-state index in [2.05, 4.69) is 15.2 Å². The van der Waals surface area contributed by atoms with E-state index in [4.69, 9.17) is 4.74 Å². The smallest absolute Gasteiger partial charge is 0.374 e. The standard InChI is InChI=1S/C33H40F4N8O3/c1-21-15-25(33(35,36)37)24(16-38)31(39-21)40-27-10-12-44(30-26(34)7-5-8-28(30)42(4)32(27)47)20-23-19-43(13-14-48-23)22-17-45(18-22)29(46)9-6-11-41(2)3/h5-9,15,22-23,27H,10-14,17-20H2,1-4H3,(H,39,40)/b9-6+/t23-,27-/m0/s1. The number of carbonyl (C=O) groups excluding carboxylic acids is 2. The Bertz CT molecular complexity index is 1590. The predicted molar refractivity (Wildman–Crippen MR) is 172 cm³/mol. The first-order valence-corrected chi connectivity index (χ1v) is 15.8. The number of alkyl halides is 3. The van der Waals surface area contributed by atoms with Crippen molar-refractivity contribution >= 4 is 29.0 Å². The fourth-order valence-corrected chi connectivity index (χ4v) is 6.32. The van der Waals surface area contributed by atoms with Gasteiger partial charge in [0.25, 0.3) is 0 Å². The number of nitriles is 1. The van der Waals surface area contributed by atoms with E-state index in [1.807, 2.05) is 25.1 Å². The van der Waals surface area contributed by atoms with Crippen LogP contribution in [0.4, 0.5) is 34.8 Å². The number of pyridine rings is 1. The number of carbonyl (C=O) groups is 2. The van der Waals surface area contributed by atoms with Crippen molar-refractivity contribution in [3.63, 3.8) is 0 Å². The maximum Gasteiger partial charge on any atom is 0.417 e. The molecule has 1 N–H and O–H groups in total. The largest absolute Gasteiger partial charge is 0.417 e. The minimum Gasteiger partial charge on any atom is -0.374 e. The van der Waals surface area contributed by atoms with Crippen molar-refractivity contribution in [2.75, 3.05) is 88.7 Å². The molecule has 15 heteroatoms. The predicted octanol–water partition coefficient (Wildman–Crippen LogP) is 3.10. The molecular formula is C33H40F4N8O3. The Morgan fingerprint density at radius 1 is 1.23 bits per heavy atom. The molecule has 0 unspecified atom stereocenters. The van der Waals surface area contributed by atoms with Crippen molar-refractivity contribution in [1.29, 1.82) is 5.26 Å². The lowest BCUT2D eigenvalue weighted by Gasteiger charge is -2.48. The fourth-order valence-electron chi connectivity index (χ4n) is 6.32. The highest BCUT2D eigenvalue weighted by Gasteiger charge is 2.39. The number of benzene rings is 1. The molecule has 3 aliphatic heterocycles. The number of morpholine rings is 1. The van der Waals surface area contributed by atoms with E-state index in [0.29, 0.717) is 45.0 Å². The Morgan fingerprint density at radius 2 is 1.98 bits per heavy atom. The molecular weight excluding hydrogens is 632 g/mol. The highest BCUT2D eigenvalue weighted by Crippen LogP contribution is 2.37. The van der Waals surface area contributed by atoms with Crippen LogP contribution in [0.3, 0.4) is 0 Å². The molecule has 0 spiro atoms. The maximum absolute atomic E-state index is 15.5. The Hall–Kier alpha value is -4.26. The van der Waals surface area contributed by atoms with Gasteiger partial charge < -0.3 is 29.7 Å². The summed E-state index contributed by atoms with van der Waals surface area (Å²) in [5.41, 5.74) is -1.29. The van der Waals surface area contributed by atoms with E-state index in [1.54, 1.807) is 28.0 Å². The van der Waals surface area contributed by atoms with Crippen LogP contribution in [0.1, 0.15) is 23.2 Å². The number of amides is 2. The van der Waals surface area contributed by atoms with Crippen molar-refractivity contribution in [2.45, 2.75) is 37.7 Å². The molecule has 2 amide bonds. The first-order chi connectivity index (χ1) is 22.8. The lowest BCUT2D eigenvalue weighted by atomic mass is 10.0. The topological polar surface area (TPSA) is 108 Å². The molecule has 0 saturated carbocycles. The minimum atomic E-state index is -4.80. The van der Waals surface area contributed by atoms with Crippen LogP contribution in [0.25, 0.3) is 0 Å². The van der Waals surface area contributed by atoms with Gasteiger partial charge in [-0.25, -0.2) is 9.37 Å². The van der Waals surface area contributed by atoms with E-state index in [-0.39, 0.29) is 54.8 Å². The second kappa shape index (κ2) is 14.5. The van der Waals surface area contributed by atoms with Gasteiger partial charge in [0.2, 0.25) is 11.8 Å². The monoisotopic (exact) mass is 672 g/mol. The molecule has 2 atom stereocenters. The van der Waals surface area contributed by atoms with Crippen molar-refractivity contribution in [3.05, 3.63) is 59.1 Å². The first-order valence-electron chi connectivity index (χ1n) is 15.8. The summed E-state index contributed by atoms with van der Waals surface area (Å²) in [5.74, 6) is -1.40. The van der Waals surface area contributed by atoms with Gasteiger partial charge in [-0.2, -0.15) is 18.4 Å². The van der Waals surface area contributed by atoms with Crippen LogP contribution in [-0.2, 0) is 20.5 Å². The second-order valence-electron chi connectivity index (χ2n) is 12.6. The van der Waals surface area contributed by atoms with Crippen molar-refractivity contribution in [3.8, 4) is 6.07 Å². The molecule has 2 saturated heterocycles. The molecule has 48 heavy (non-hydrogen) atoms. The van der Waals surface area contributed by atoms with Crippen molar-refractivity contribution in [1.82, 2.24) is 19.7 Å². The average Bonchev–Trinajstić information content (AvgIpc) is 3.00. The lowest BCUT2D eigenvalue weighted by Crippen LogP contribution is -2.64. The summed E-state index contributed by atoms with van der Waals surface area (Å²) in [7, 11) is 5.34. The molecule has 4 heterocycles. The third kappa shape index (κ3) is 7.72. The van der Waals surface area contributed by atoms with E-state index in [9.17, 15) is 28.0 Å². The maximum atomic E-state index is 15.5. The molecule has 2 fully saturated rings. The zero-order valence-electron chi connectivity index (χ0n) is 27.4. The minimum absolute atomic E-state index is 0.0233. The Labute approximate surface area is 277 Å². The van der Waals surface area contributed by atoms with Crippen LogP contribution >= 0.6 is 0 Å². The number of fused-ring (bicyclic) bond motifs is 1. The van der Waals surface area contributed by atoms with Crippen LogP contribution in [0.15, 0.2) is 36.4 Å². The van der Waals surface area contributed by atoms with E-state index in [1.165, 1.54) is 31.0 Å². The lowest BCUT2D eigenvalue weighted by molar-refractivity contribution is -0.138. The molecule has 1 aromatic heterocycles.